The third-order valence-corrected chi connectivity index (χ3v) is 12.3. The molecular weight excluding hydrogens is 818 g/mol. The molecule has 346 valence electrons. The minimum atomic E-state index is -2.11. The third kappa shape index (κ3) is 11.8. The number of aliphatic hydroxyl groups excluding tert-OH is 2. The summed E-state index contributed by atoms with van der Waals surface area (Å²) >= 11 is 0. The number of aliphatic hydroxyl groups is 4. The standard InChI is InChI=1S/C45H63F4N3O10/c1-12-34-45(9,58)40(55)24(4)37(51-50-27(7)29-13-15-30(46)16-14-29)22(2)21-44(8,57)41(62-43-38(54)33(52(10)11)17-23(3)59-43)25(5)39(26(6)42(56)60-34)61-35(53)20-28-18-31(47)36(49)32(48)19-28/h13-16,18-19,22-26,33-34,38-41,43,54-55,57-58H,12,17,20-21H2,1-11H3. The Labute approximate surface area is 361 Å². The predicted molar refractivity (Wildman–Crippen MR) is 222 cm³/mol. The van der Waals surface area contributed by atoms with Gasteiger partial charge in [-0.1, -0.05) is 39.8 Å². The lowest BCUT2D eigenvalue weighted by molar-refractivity contribution is -0.299. The molecule has 2 saturated heterocycles. The van der Waals surface area contributed by atoms with Crippen LogP contribution in [0.5, 0.6) is 0 Å². The van der Waals surface area contributed by atoms with Gasteiger partial charge in [-0.05, 0) is 109 Å². The zero-order valence-electron chi connectivity index (χ0n) is 37.3. The monoisotopic (exact) mass is 881 g/mol. The number of hydrogen-bond donors (Lipinski definition) is 4. The van der Waals surface area contributed by atoms with Gasteiger partial charge < -0.3 is 44.3 Å². The maximum atomic E-state index is 14.2. The smallest absolute Gasteiger partial charge is 0.312 e. The van der Waals surface area contributed by atoms with Crippen LogP contribution < -0.4 is 0 Å². The van der Waals surface area contributed by atoms with Gasteiger partial charge in [0.05, 0.1) is 42.0 Å². The molecule has 2 aromatic carbocycles. The fourth-order valence-corrected chi connectivity index (χ4v) is 8.76. The molecule has 14 unspecified atom stereocenters. The minimum Gasteiger partial charge on any atom is -0.461 e. The summed E-state index contributed by atoms with van der Waals surface area (Å²) in [7, 11) is 3.56. The van der Waals surface area contributed by atoms with Gasteiger partial charge >= 0.3 is 11.9 Å². The molecule has 4 N–H and O–H groups in total. The van der Waals surface area contributed by atoms with Gasteiger partial charge in [0.2, 0.25) is 0 Å². The van der Waals surface area contributed by atoms with Crippen LogP contribution in [0.4, 0.5) is 17.6 Å². The molecular formula is C45H63F4N3O10. The van der Waals surface area contributed by atoms with Gasteiger partial charge in [-0.15, -0.1) is 0 Å². The Bertz CT molecular complexity index is 1910. The maximum Gasteiger partial charge on any atom is 0.312 e. The van der Waals surface area contributed by atoms with E-state index in [9.17, 15) is 47.6 Å². The molecule has 13 nitrogen and oxygen atoms in total. The first kappa shape index (κ1) is 50.8. The number of carbonyl (C=O) groups excluding carboxylic acids is 2. The zero-order valence-corrected chi connectivity index (χ0v) is 37.3. The summed E-state index contributed by atoms with van der Waals surface area (Å²) in [5.74, 6) is -11.6. The number of rotatable bonds is 9. The molecule has 62 heavy (non-hydrogen) atoms. The number of benzene rings is 2. The van der Waals surface area contributed by atoms with Crippen molar-refractivity contribution in [3.8, 4) is 0 Å². The van der Waals surface area contributed by atoms with E-state index in [0.717, 1.165) is 0 Å². The van der Waals surface area contributed by atoms with Gasteiger partial charge in [0.15, 0.2) is 23.7 Å². The second-order valence-electron chi connectivity index (χ2n) is 17.8. The van der Waals surface area contributed by atoms with Crippen LogP contribution in [0.15, 0.2) is 46.6 Å². The lowest BCUT2D eigenvalue weighted by Gasteiger charge is -2.47. The molecule has 2 fully saturated rings. The fraction of sp³-hybridized carbons (Fsp3) is 0.644. The van der Waals surface area contributed by atoms with Crippen molar-refractivity contribution >= 4 is 23.4 Å². The van der Waals surface area contributed by atoms with E-state index in [4.69, 9.17) is 18.9 Å². The lowest BCUT2D eigenvalue weighted by Crippen LogP contribution is -2.60. The second kappa shape index (κ2) is 20.8. The molecule has 0 aromatic heterocycles. The first-order chi connectivity index (χ1) is 28.8. The first-order valence-corrected chi connectivity index (χ1v) is 21.0. The SMILES string of the molecule is CCC1OC(=O)C(C)C(OC(=O)Cc2cc(F)c(F)c(F)c2)C(C)C(OC2OC(C)CC(N(C)C)C2O)C(C)(O)CC(C)C(=NN=C(C)c2ccc(F)cc2)C(C)C(O)C1(C)O. The van der Waals surface area contributed by atoms with Crippen molar-refractivity contribution in [1.82, 2.24) is 4.90 Å². The van der Waals surface area contributed by atoms with Crippen LogP contribution in [0.3, 0.4) is 0 Å². The van der Waals surface area contributed by atoms with Crippen LogP contribution in [0.25, 0.3) is 0 Å². The van der Waals surface area contributed by atoms with Crippen LogP contribution >= 0.6 is 0 Å². The van der Waals surface area contributed by atoms with Gasteiger partial charge in [0.1, 0.15) is 29.7 Å². The molecule has 2 aliphatic rings. The average Bonchev–Trinajstić information content (AvgIpc) is 3.19. The predicted octanol–water partition coefficient (Wildman–Crippen LogP) is 5.51. The molecule has 0 bridgehead atoms. The Kier molecular flexibility index (Phi) is 17.0. The molecule has 4 rings (SSSR count). The Hall–Kier alpha value is -3.84. The summed E-state index contributed by atoms with van der Waals surface area (Å²) in [6.07, 6.45) is -9.42. The van der Waals surface area contributed by atoms with Gasteiger partial charge in [-0.3, -0.25) is 9.59 Å². The van der Waals surface area contributed by atoms with Crippen LogP contribution in [-0.4, -0.2) is 123 Å². The quantitative estimate of drug-likeness (QED) is 0.0821. The van der Waals surface area contributed by atoms with E-state index in [1.165, 1.54) is 45.0 Å². The largest absolute Gasteiger partial charge is 0.461 e. The molecule has 2 aliphatic heterocycles. The molecule has 0 radical (unpaired) electrons. The molecule has 2 heterocycles. The molecule has 0 aliphatic carbocycles. The number of likely N-dealkylation sites (N-methyl/N-ethyl adjacent to an activating group) is 1. The number of esters is 2. The number of ether oxygens (including phenoxy) is 4. The van der Waals surface area contributed by atoms with E-state index >= 15 is 0 Å². The number of nitrogens with zero attached hydrogens (tertiary/aromatic N) is 3. The van der Waals surface area contributed by atoms with E-state index in [1.807, 2.05) is 4.90 Å². The molecule has 14 atom stereocenters. The number of carbonyl (C=O) groups is 2. The number of halogens is 4. The molecule has 2 aromatic rings. The van der Waals surface area contributed by atoms with Crippen molar-refractivity contribution in [3.05, 3.63) is 70.8 Å². The summed E-state index contributed by atoms with van der Waals surface area (Å²) in [5, 5.41) is 57.1. The van der Waals surface area contributed by atoms with E-state index in [1.54, 1.807) is 55.6 Å². The normalized spacial score (nSPS) is 36.3. The average molecular weight is 882 g/mol. The van der Waals surface area contributed by atoms with Gasteiger partial charge in [-0.25, -0.2) is 17.6 Å². The first-order valence-electron chi connectivity index (χ1n) is 21.0. The number of hydrogen-bond acceptors (Lipinski definition) is 13. The highest BCUT2D eigenvalue weighted by molar-refractivity contribution is 5.99. The van der Waals surface area contributed by atoms with Crippen molar-refractivity contribution in [3.63, 3.8) is 0 Å². The minimum absolute atomic E-state index is 0.0172. The second-order valence-corrected chi connectivity index (χ2v) is 17.8. The summed E-state index contributed by atoms with van der Waals surface area (Å²) in [5.41, 5.74) is -3.18. The van der Waals surface area contributed by atoms with Crippen LogP contribution in [0, 0.1) is 46.9 Å². The topological polar surface area (TPSA) is 180 Å². The van der Waals surface area contributed by atoms with Gasteiger partial charge in [0.25, 0.3) is 0 Å². The summed E-state index contributed by atoms with van der Waals surface area (Å²) in [6, 6.07) is 6.41. The van der Waals surface area contributed by atoms with E-state index in [2.05, 4.69) is 10.2 Å². The Balaban J connectivity index is 1.90. The Morgan fingerprint density at radius 3 is 2.13 bits per heavy atom. The van der Waals surface area contributed by atoms with Crippen LogP contribution in [0.1, 0.15) is 92.7 Å². The third-order valence-electron chi connectivity index (χ3n) is 12.3. The maximum absolute atomic E-state index is 14.2. The highest BCUT2D eigenvalue weighted by Crippen LogP contribution is 2.39. The van der Waals surface area contributed by atoms with Crippen molar-refractivity contribution in [1.29, 1.82) is 0 Å². The summed E-state index contributed by atoms with van der Waals surface area (Å²) in [4.78, 5) is 29.7. The van der Waals surface area contributed by atoms with Crippen molar-refractivity contribution in [2.45, 2.75) is 148 Å². The summed E-state index contributed by atoms with van der Waals surface area (Å²) in [6.45, 7) is 14.1. The van der Waals surface area contributed by atoms with Crippen molar-refractivity contribution in [2.75, 3.05) is 14.1 Å². The highest BCUT2D eigenvalue weighted by Gasteiger charge is 2.52. The fourth-order valence-electron chi connectivity index (χ4n) is 8.76. The van der Waals surface area contributed by atoms with Crippen LogP contribution in [0.2, 0.25) is 0 Å². The van der Waals surface area contributed by atoms with E-state index < -0.39 is 125 Å². The van der Waals surface area contributed by atoms with Crippen molar-refractivity contribution in [2.24, 2.45) is 33.9 Å². The van der Waals surface area contributed by atoms with Gasteiger partial charge in [0, 0.05) is 23.6 Å². The van der Waals surface area contributed by atoms with Crippen molar-refractivity contribution < 1.29 is 66.5 Å². The molecule has 17 heteroatoms. The Morgan fingerprint density at radius 1 is 0.968 bits per heavy atom. The highest BCUT2D eigenvalue weighted by atomic mass is 19.2. The zero-order chi connectivity index (χ0) is 46.6. The molecule has 0 amide bonds. The van der Waals surface area contributed by atoms with E-state index in [0.29, 0.717) is 29.8 Å². The summed E-state index contributed by atoms with van der Waals surface area (Å²) < 4.78 is 80.5. The Morgan fingerprint density at radius 2 is 1.56 bits per heavy atom. The molecule has 0 saturated carbocycles. The lowest BCUT2D eigenvalue weighted by atomic mass is 9.73. The number of cyclic esters (lactones) is 1. The molecule has 0 spiro atoms. The van der Waals surface area contributed by atoms with E-state index in [-0.39, 0.29) is 24.1 Å². The van der Waals surface area contributed by atoms with Crippen LogP contribution in [-0.2, 0) is 35.0 Å². The van der Waals surface area contributed by atoms with Gasteiger partial charge in [-0.2, -0.15) is 10.2 Å².